The SMILES string of the molecule is Cn1c([C@@H]2CCCN2Cc2cc(=O)n3ccsc3n2)nc2c1CCCC2. The average Bonchev–Trinajstić information content (AvgIpc) is 3.35. The number of rotatable bonds is 3. The lowest BCUT2D eigenvalue weighted by atomic mass is 10.0. The molecule has 26 heavy (non-hydrogen) atoms. The lowest BCUT2D eigenvalue weighted by Gasteiger charge is -2.24. The van der Waals surface area contributed by atoms with Gasteiger partial charge in [0, 0.05) is 36.9 Å². The molecule has 7 heteroatoms. The standard InChI is InChI=1S/C19H23N5OS/c1-22-15-6-3-2-5-14(15)21-18(22)16-7-4-8-23(16)12-13-11-17(25)24-9-10-26-19(24)20-13/h9-11,16H,2-8,12H2,1H3/t16-/m0/s1. The Morgan fingerprint density at radius 3 is 3.00 bits per heavy atom. The zero-order chi connectivity index (χ0) is 17.7. The molecule has 5 rings (SSSR count). The van der Waals surface area contributed by atoms with E-state index in [1.165, 1.54) is 47.8 Å². The Bertz CT molecular complexity index is 1020. The summed E-state index contributed by atoms with van der Waals surface area (Å²) in [4.78, 5) is 25.2. The lowest BCUT2D eigenvalue weighted by Crippen LogP contribution is -2.26. The molecule has 3 aromatic rings. The summed E-state index contributed by atoms with van der Waals surface area (Å²) < 4.78 is 3.95. The molecule has 1 saturated heterocycles. The van der Waals surface area contributed by atoms with Crippen molar-refractivity contribution in [2.45, 2.75) is 51.1 Å². The third kappa shape index (κ3) is 2.61. The van der Waals surface area contributed by atoms with Crippen molar-refractivity contribution in [1.29, 1.82) is 0 Å². The van der Waals surface area contributed by atoms with E-state index in [1.54, 1.807) is 16.7 Å². The molecule has 2 aliphatic rings. The summed E-state index contributed by atoms with van der Waals surface area (Å²) in [7, 11) is 2.17. The number of fused-ring (bicyclic) bond motifs is 2. The molecule has 6 nitrogen and oxygen atoms in total. The minimum absolute atomic E-state index is 0.00875. The number of nitrogens with zero attached hydrogens (tertiary/aromatic N) is 5. The van der Waals surface area contributed by atoms with E-state index in [1.807, 2.05) is 5.38 Å². The summed E-state index contributed by atoms with van der Waals surface area (Å²) in [6.07, 6.45) is 8.88. The van der Waals surface area contributed by atoms with E-state index >= 15 is 0 Å². The van der Waals surface area contributed by atoms with Gasteiger partial charge in [-0.3, -0.25) is 14.1 Å². The van der Waals surface area contributed by atoms with Crippen LogP contribution in [0, 0.1) is 0 Å². The van der Waals surface area contributed by atoms with Gasteiger partial charge in [0.25, 0.3) is 5.56 Å². The fourth-order valence-electron chi connectivity index (χ4n) is 4.49. The summed E-state index contributed by atoms with van der Waals surface area (Å²) >= 11 is 1.51. The average molecular weight is 369 g/mol. The van der Waals surface area contributed by atoms with Gasteiger partial charge in [-0.15, -0.1) is 11.3 Å². The van der Waals surface area contributed by atoms with Crippen LogP contribution in [0.4, 0.5) is 0 Å². The number of thiazole rings is 1. The van der Waals surface area contributed by atoms with Gasteiger partial charge >= 0.3 is 0 Å². The van der Waals surface area contributed by atoms with Crippen molar-refractivity contribution in [3.05, 3.63) is 50.9 Å². The first-order valence-electron chi connectivity index (χ1n) is 9.45. The van der Waals surface area contributed by atoms with E-state index in [2.05, 4.69) is 21.5 Å². The van der Waals surface area contributed by atoms with Gasteiger partial charge < -0.3 is 4.57 Å². The van der Waals surface area contributed by atoms with Gasteiger partial charge in [0.1, 0.15) is 5.82 Å². The van der Waals surface area contributed by atoms with Crippen LogP contribution >= 0.6 is 11.3 Å². The van der Waals surface area contributed by atoms with Crippen LogP contribution in [0.15, 0.2) is 22.4 Å². The Kier molecular flexibility index (Phi) is 3.94. The first kappa shape index (κ1) is 16.2. The fourth-order valence-corrected chi connectivity index (χ4v) is 5.23. The molecule has 4 heterocycles. The van der Waals surface area contributed by atoms with Gasteiger partial charge in [-0.05, 0) is 45.1 Å². The normalized spacial score (nSPS) is 20.7. The van der Waals surface area contributed by atoms with E-state index in [0.717, 1.165) is 36.5 Å². The molecule has 0 saturated carbocycles. The number of aryl methyl sites for hydroxylation is 1. The van der Waals surface area contributed by atoms with Crippen molar-refractivity contribution >= 4 is 16.3 Å². The third-order valence-electron chi connectivity index (χ3n) is 5.79. The molecule has 1 aliphatic carbocycles. The van der Waals surface area contributed by atoms with Crippen LogP contribution in [-0.2, 0) is 26.4 Å². The van der Waals surface area contributed by atoms with Crippen molar-refractivity contribution in [2.24, 2.45) is 7.05 Å². The molecule has 0 N–H and O–H groups in total. The van der Waals surface area contributed by atoms with Crippen LogP contribution in [0.25, 0.3) is 4.96 Å². The van der Waals surface area contributed by atoms with E-state index in [9.17, 15) is 4.79 Å². The lowest BCUT2D eigenvalue weighted by molar-refractivity contribution is 0.233. The molecule has 0 aromatic carbocycles. The zero-order valence-corrected chi connectivity index (χ0v) is 15.8. The summed E-state index contributed by atoms with van der Waals surface area (Å²) in [5, 5.41) is 1.91. The summed E-state index contributed by atoms with van der Waals surface area (Å²) in [5.41, 5.74) is 3.60. The first-order valence-corrected chi connectivity index (χ1v) is 10.3. The number of imidazole rings is 1. The molecule has 1 fully saturated rings. The molecule has 0 bridgehead atoms. The highest BCUT2D eigenvalue weighted by molar-refractivity contribution is 7.15. The Morgan fingerprint density at radius 1 is 1.23 bits per heavy atom. The highest BCUT2D eigenvalue weighted by Crippen LogP contribution is 2.34. The van der Waals surface area contributed by atoms with Crippen molar-refractivity contribution in [1.82, 2.24) is 23.8 Å². The molecular weight excluding hydrogens is 346 g/mol. The maximum Gasteiger partial charge on any atom is 0.258 e. The van der Waals surface area contributed by atoms with Crippen LogP contribution in [0.2, 0.25) is 0 Å². The van der Waals surface area contributed by atoms with Crippen LogP contribution in [0.5, 0.6) is 0 Å². The minimum atomic E-state index is 0.00875. The van der Waals surface area contributed by atoms with Crippen molar-refractivity contribution in [3.8, 4) is 0 Å². The van der Waals surface area contributed by atoms with Gasteiger partial charge in [0.05, 0.1) is 17.4 Å². The number of likely N-dealkylation sites (tertiary alicyclic amines) is 1. The molecule has 3 aromatic heterocycles. The number of hydrogen-bond acceptors (Lipinski definition) is 5. The van der Waals surface area contributed by atoms with Gasteiger partial charge in [0.15, 0.2) is 4.96 Å². The van der Waals surface area contributed by atoms with Gasteiger partial charge in [-0.1, -0.05) is 0 Å². The van der Waals surface area contributed by atoms with Crippen molar-refractivity contribution < 1.29 is 0 Å². The summed E-state index contributed by atoms with van der Waals surface area (Å²) in [5.74, 6) is 1.20. The molecule has 0 spiro atoms. The molecule has 0 radical (unpaired) electrons. The van der Waals surface area contributed by atoms with Crippen molar-refractivity contribution in [2.75, 3.05) is 6.54 Å². The van der Waals surface area contributed by atoms with E-state index in [0.29, 0.717) is 12.6 Å². The molecule has 1 aliphatic heterocycles. The van der Waals surface area contributed by atoms with Gasteiger partial charge in [-0.2, -0.15) is 0 Å². The number of hydrogen-bond donors (Lipinski definition) is 0. The molecule has 136 valence electrons. The van der Waals surface area contributed by atoms with Crippen molar-refractivity contribution in [3.63, 3.8) is 0 Å². The molecule has 1 atom stereocenters. The quantitative estimate of drug-likeness (QED) is 0.712. The van der Waals surface area contributed by atoms with Crippen LogP contribution < -0.4 is 5.56 Å². The Morgan fingerprint density at radius 2 is 2.12 bits per heavy atom. The summed E-state index contributed by atoms with van der Waals surface area (Å²) in [6.45, 7) is 1.75. The number of aromatic nitrogens is 4. The Hall–Kier alpha value is -1.99. The van der Waals surface area contributed by atoms with Crippen LogP contribution in [-0.4, -0.2) is 30.4 Å². The zero-order valence-electron chi connectivity index (χ0n) is 15.0. The van der Waals surface area contributed by atoms with Gasteiger partial charge in [0.2, 0.25) is 0 Å². The maximum absolute atomic E-state index is 12.3. The molecular formula is C19H23N5OS. The predicted octanol–water partition coefficient (Wildman–Crippen LogP) is 2.71. The first-order chi connectivity index (χ1) is 12.7. The van der Waals surface area contributed by atoms with Crippen LogP contribution in [0.3, 0.4) is 0 Å². The predicted molar refractivity (Wildman–Crippen MR) is 102 cm³/mol. The third-order valence-corrected chi connectivity index (χ3v) is 6.55. The summed E-state index contributed by atoms with van der Waals surface area (Å²) in [6, 6.07) is 2.01. The van der Waals surface area contributed by atoms with E-state index < -0.39 is 0 Å². The largest absolute Gasteiger partial charge is 0.334 e. The Balaban J connectivity index is 1.45. The van der Waals surface area contributed by atoms with E-state index in [4.69, 9.17) is 4.98 Å². The Labute approximate surface area is 156 Å². The highest BCUT2D eigenvalue weighted by Gasteiger charge is 2.31. The van der Waals surface area contributed by atoms with Gasteiger partial charge in [-0.25, -0.2) is 9.97 Å². The fraction of sp³-hybridized carbons (Fsp3) is 0.526. The highest BCUT2D eigenvalue weighted by atomic mass is 32.1. The topological polar surface area (TPSA) is 55.4 Å². The minimum Gasteiger partial charge on any atom is -0.334 e. The van der Waals surface area contributed by atoms with E-state index in [-0.39, 0.29) is 5.56 Å². The molecule has 0 amide bonds. The second-order valence-corrected chi connectivity index (χ2v) is 8.27. The maximum atomic E-state index is 12.3. The second kappa shape index (κ2) is 6.32. The molecule has 0 unspecified atom stereocenters. The van der Waals surface area contributed by atoms with Crippen LogP contribution in [0.1, 0.15) is 54.6 Å². The monoisotopic (exact) mass is 369 g/mol. The smallest absolute Gasteiger partial charge is 0.258 e. The second-order valence-electron chi connectivity index (χ2n) is 7.40.